The van der Waals surface area contributed by atoms with Gasteiger partial charge in [0.2, 0.25) is 20.8 Å². The average Bonchev–Trinajstić information content (AvgIpc) is 1.81. The quantitative estimate of drug-likeness (QED) is 0.306. The molecule has 95 valence electrons. The Morgan fingerprint density at radius 2 is 1.07 bits per heavy atom. The largest absolute Gasteiger partial charge is 2.00 e. The molecule has 0 bridgehead atoms. The van der Waals surface area contributed by atoms with E-state index in [2.05, 4.69) is 8.37 Å². The van der Waals surface area contributed by atoms with Gasteiger partial charge in [0.25, 0.3) is 0 Å². The molecule has 0 aromatic carbocycles. The van der Waals surface area contributed by atoms with Gasteiger partial charge in [-0.1, -0.05) is 0 Å². The van der Waals surface area contributed by atoms with Crippen LogP contribution in [-0.2, 0) is 45.9 Å². The molecular formula is C2H6CoO10S2. The Balaban J connectivity index is -0.000000180. The third kappa shape index (κ3) is 31.4. The summed E-state index contributed by atoms with van der Waals surface area (Å²) in [5, 5.41) is 15.2. The molecule has 0 amide bonds. The van der Waals surface area contributed by atoms with E-state index in [1.165, 1.54) is 0 Å². The van der Waals surface area contributed by atoms with Crippen molar-refractivity contribution >= 4 is 20.8 Å². The summed E-state index contributed by atoms with van der Waals surface area (Å²) in [6.45, 7) is -2.18. The van der Waals surface area contributed by atoms with Crippen LogP contribution < -0.4 is 0 Å². The minimum atomic E-state index is -4.67. The SMILES string of the molecule is O=S(=O)([O-])OCO.O=S(=O)([O-])OCO.[Co+2]. The Labute approximate surface area is 95.9 Å². The van der Waals surface area contributed by atoms with Gasteiger partial charge in [0.1, 0.15) is 0 Å². The van der Waals surface area contributed by atoms with Crippen molar-refractivity contribution in [1.29, 1.82) is 0 Å². The first kappa shape index (κ1) is 20.6. The molecule has 2 N–H and O–H groups in total. The molecule has 0 atom stereocenters. The van der Waals surface area contributed by atoms with Gasteiger partial charge in [-0.3, -0.25) is 8.37 Å². The molecule has 0 aromatic rings. The number of hydrogen-bond acceptors (Lipinski definition) is 10. The fourth-order valence-electron chi connectivity index (χ4n) is 0.129. The van der Waals surface area contributed by atoms with Crippen LogP contribution in [0.1, 0.15) is 0 Å². The molecule has 0 aliphatic carbocycles. The van der Waals surface area contributed by atoms with Crippen LogP contribution in [0.5, 0.6) is 0 Å². The number of aliphatic hydroxyl groups excluding tert-OH is 2. The zero-order valence-electron chi connectivity index (χ0n) is 6.72. The Morgan fingerprint density at radius 1 is 0.867 bits per heavy atom. The first-order chi connectivity index (χ1) is 6.12. The molecule has 0 spiro atoms. The van der Waals surface area contributed by atoms with E-state index < -0.39 is 34.4 Å². The summed E-state index contributed by atoms with van der Waals surface area (Å²) in [6, 6.07) is 0. The van der Waals surface area contributed by atoms with Crippen molar-refractivity contribution in [1.82, 2.24) is 0 Å². The molecule has 0 aromatic heterocycles. The van der Waals surface area contributed by atoms with Crippen LogP contribution in [0.15, 0.2) is 0 Å². The molecule has 10 nitrogen and oxygen atoms in total. The van der Waals surface area contributed by atoms with Crippen LogP contribution >= 0.6 is 0 Å². The maximum atomic E-state index is 9.29. The maximum Gasteiger partial charge on any atom is 2.00 e. The van der Waals surface area contributed by atoms with E-state index >= 15 is 0 Å². The molecule has 0 aliphatic rings. The Hall–Kier alpha value is 0.166. The van der Waals surface area contributed by atoms with E-state index in [1.807, 2.05) is 0 Å². The van der Waals surface area contributed by atoms with Crippen molar-refractivity contribution in [3.05, 3.63) is 0 Å². The monoisotopic (exact) mass is 313 g/mol. The average molecular weight is 313 g/mol. The zero-order valence-corrected chi connectivity index (χ0v) is 9.40. The van der Waals surface area contributed by atoms with Gasteiger partial charge in [-0.2, -0.15) is 0 Å². The fraction of sp³-hybridized carbons (Fsp3) is 1.00. The van der Waals surface area contributed by atoms with Crippen LogP contribution in [0.3, 0.4) is 0 Å². The van der Waals surface area contributed by atoms with Crippen molar-refractivity contribution in [3.63, 3.8) is 0 Å². The van der Waals surface area contributed by atoms with E-state index in [4.69, 9.17) is 10.2 Å². The summed E-state index contributed by atoms with van der Waals surface area (Å²) < 4.78 is 62.2. The maximum absolute atomic E-state index is 9.29. The van der Waals surface area contributed by atoms with E-state index in [0.717, 1.165) is 0 Å². The van der Waals surface area contributed by atoms with Gasteiger partial charge in [-0.25, -0.2) is 16.8 Å². The summed E-state index contributed by atoms with van der Waals surface area (Å²) in [5.74, 6) is 0. The van der Waals surface area contributed by atoms with Gasteiger partial charge in [0, 0.05) is 0 Å². The number of hydrogen-bond donors (Lipinski definition) is 2. The van der Waals surface area contributed by atoms with Gasteiger partial charge in [-0.15, -0.1) is 0 Å². The molecule has 0 saturated carbocycles. The fourth-order valence-corrected chi connectivity index (χ4v) is 0.387. The number of aliphatic hydroxyl groups is 2. The third-order valence-corrected chi connectivity index (χ3v) is 1.18. The molecule has 0 heterocycles. The predicted octanol–water partition coefficient (Wildman–Crippen LogP) is -3.18. The molecule has 0 aliphatic heterocycles. The van der Waals surface area contributed by atoms with Crippen LogP contribution in [0, 0.1) is 0 Å². The second kappa shape index (κ2) is 9.40. The van der Waals surface area contributed by atoms with E-state index in [-0.39, 0.29) is 16.8 Å². The van der Waals surface area contributed by atoms with Crippen molar-refractivity contribution in [2.45, 2.75) is 0 Å². The standard InChI is InChI=1S/2CH4O5S.Co/c2*2-1-6-7(3,4)5;/h2*2H,1H2,(H,3,4,5);/q;;+2/p-2. The Morgan fingerprint density at radius 3 is 1.07 bits per heavy atom. The van der Waals surface area contributed by atoms with Crippen molar-refractivity contribution in [2.24, 2.45) is 0 Å². The first-order valence-electron chi connectivity index (χ1n) is 2.54. The van der Waals surface area contributed by atoms with E-state index in [1.54, 1.807) is 0 Å². The summed E-state index contributed by atoms with van der Waals surface area (Å²) >= 11 is 0. The molecule has 0 fully saturated rings. The van der Waals surface area contributed by atoms with Gasteiger partial charge in [0.15, 0.2) is 13.6 Å². The second-order valence-corrected chi connectivity index (χ2v) is 3.41. The summed E-state index contributed by atoms with van der Waals surface area (Å²) in [6.07, 6.45) is 0. The van der Waals surface area contributed by atoms with Gasteiger partial charge >= 0.3 is 16.8 Å². The third-order valence-electron chi connectivity index (χ3n) is 0.394. The van der Waals surface area contributed by atoms with E-state index in [9.17, 15) is 25.9 Å². The number of rotatable bonds is 4. The molecular weight excluding hydrogens is 307 g/mol. The van der Waals surface area contributed by atoms with Crippen LogP contribution in [-0.4, -0.2) is 49.7 Å². The molecule has 0 unspecified atom stereocenters. The predicted molar refractivity (Wildman–Crippen MR) is 35.7 cm³/mol. The van der Waals surface area contributed by atoms with Crippen LogP contribution in [0.4, 0.5) is 0 Å². The van der Waals surface area contributed by atoms with Crippen LogP contribution in [0.2, 0.25) is 0 Å². The van der Waals surface area contributed by atoms with Gasteiger partial charge in [0.05, 0.1) is 0 Å². The van der Waals surface area contributed by atoms with E-state index in [0.29, 0.717) is 0 Å². The topological polar surface area (TPSA) is 173 Å². The molecule has 0 rings (SSSR count). The Bertz CT molecular complexity index is 281. The minimum Gasteiger partial charge on any atom is -0.725 e. The molecule has 13 heteroatoms. The zero-order chi connectivity index (χ0) is 11.8. The van der Waals surface area contributed by atoms with Crippen molar-refractivity contribution in [2.75, 3.05) is 13.6 Å². The Kier molecular flexibility index (Phi) is 12.9. The van der Waals surface area contributed by atoms with Gasteiger partial charge < -0.3 is 19.3 Å². The molecule has 0 saturated heterocycles. The van der Waals surface area contributed by atoms with Gasteiger partial charge in [-0.05, 0) is 0 Å². The smallest absolute Gasteiger partial charge is 0.725 e. The molecule has 15 heavy (non-hydrogen) atoms. The van der Waals surface area contributed by atoms with Crippen LogP contribution in [0.25, 0.3) is 0 Å². The second-order valence-electron chi connectivity index (χ2n) is 1.31. The summed E-state index contributed by atoms with van der Waals surface area (Å²) in [7, 11) is -9.35. The molecule has 1 radical (unpaired) electrons. The van der Waals surface area contributed by atoms with Crippen molar-refractivity contribution in [3.8, 4) is 0 Å². The minimum absolute atomic E-state index is 0. The van der Waals surface area contributed by atoms with Crippen molar-refractivity contribution < 1.29 is 61.3 Å². The normalized spacial score (nSPS) is 10.9. The summed E-state index contributed by atoms with van der Waals surface area (Å²) in [5.41, 5.74) is 0. The summed E-state index contributed by atoms with van der Waals surface area (Å²) in [4.78, 5) is 0. The first-order valence-corrected chi connectivity index (χ1v) is 5.21.